The van der Waals surface area contributed by atoms with Crippen molar-refractivity contribution in [3.8, 4) is 16.9 Å². The van der Waals surface area contributed by atoms with Crippen LogP contribution in [0.4, 0.5) is 0 Å². The Morgan fingerprint density at radius 1 is 0.882 bits per heavy atom. The summed E-state index contributed by atoms with van der Waals surface area (Å²) in [6, 6.07) is 4.77. The van der Waals surface area contributed by atoms with E-state index in [4.69, 9.17) is 18.8 Å². The van der Waals surface area contributed by atoms with Gasteiger partial charge in [0, 0.05) is 17.6 Å². The maximum absolute atomic E-state index is 6.42. The lowest BCUT2D eigenvalue weighted by Gasteiger charge is -2.32. The molecule has 6 heteroatoms. The van der Waals surface area contributed by atoms with Gasteiger partial charge in [-0.2, -0.15) is 0 Å². The van der Waals surface area contributed by atoms with Gasteiger partial charge in [0.2, 0.25) is 0 Å². The van der Waals surface area contributed by atoms with Crippen LogP contribution < -0.4 is 9.51 Å². The molecule has 1 aromatic heterocycles. The van der Waals surface area contributed by atoms with Crippen molar-refractivity contribution >= 4 is 23.2 Å². The Morgan fingerprint density at radius 2 is 1.41 bits per heavy atom. The van der Waals surface area contributed by atoms with E-state index in [1.54, 1.807) is 11.3 Å². The van der Waals surface area contributed by atoms with Crippen molar-refractivity contribution in [3.63, 3.8) is 0 Å². The highest BCUT2D eigenvalue weighted by Gasteiger charge is 2.53. The lowest BCUT2D eigenvalue weighted by atomic mass is 9.80. The number of benzene rings is 1. The average molecular weight is 487 g/mol. The molecule has 188 valence electrons. The topological polar surface area (TPSA) is 36.9 Å². The number of rotatable bonds is 9. The molecule has 34 heavy (non-hydrogen) atoms. The van der Waals surface area contributed by atoms with E-state index in [9.17, 15) is 0 Å². The first-order valence-electron chi connectivity index (χ1n) is 12.7. The molecule has 0 unspecified atom stereocenters. The first-order valence-corrected chi connectivity index (χ1v) is 13.5. The average Bonchev–Trinajstić information content (AvgIpc) is 3.24. The van der Waals surface area contributed by atoms with Crippen LogP contribution in [0.15, 0.2) is 17.5 Å². The highest BCUT2D eigenvalue weighted by molar-refractivity contribution is 7.21. The molecule has 1 aromatic carbocycles. The summed E-state index contributed by atoms with van der Waals surface area (Å²) in [5.41, 5.74) is 5.66. The Hall–Kier alpha value is -1.34. The SMILES string of the molecule is CCOCOc1c(-c2c(C(C)C)cc(C(C)C)cc2C(C)C)csc1B1OC(C)(C)C(C)(C)O1. The zero-order chi connectivity index (χ0) is 25.4. The Bertz CT molecular complexity index is 945. The predicted octanol–water partition coefficient (Wildman–Crippen LogP) is 7.46. The molecule has 3 rings (SSSR count). The fourth-order valence-electron chi connectivity index (χ4n) is 4.25. The van der Waals surface area contributed by atoms with Gasteiger partial charge in [0.25, 0.3) is 0 Å². The van der Waals surface area contributed by atoms with Crippen LogP contribution in [-0.2, 0) is 14.0 Å². The van der Waals surface area contributed by atoms with Crippen LogP contribution in [0.3, 0.4) is 0 Å². The van der Waals surface area contributed by atoms with Crippen molar-refractivity contribution in [1.82, 2.24) is 0 Å². The van der Waals surface area contributed by atoms with Crippen LogP contribution in [0.1, 0.15) is 111 Å². The second-order valence-corrected chi connectivity index (χ2v) is 12.1. The molecule has 2 aromatic rings. The van der Waals surface area contributed by atoms with Gasteiger partial charge in [-0.05, 0) is 74.6 Å². The second-order valence-electron chi connectivity index (χ2n) is 11.2. The van der Waals surface area contributed by atoms with E-state index >= 15 is 0 Å². The summed E-state index contributed by atoms with van der Waals surface area (Å²) in [4.78, 5) is 0. The minimum Gasteiger partial charge on any atom is -0.466 e. The minimum atomic E-state index is -0.472. The van der Waals surface area contributed by atoms with Crippen molar-refractivity contribution in [2.45, 2.75) is 105 Å². The molecule has 0 amide bonds. The van der Waals surface area contributed by atoms with Crippen LogP contribution in [0, 0.1) is 0 Å². The first-order chi connectivity index (χ1) is 15.8. The highest BCUT2D eigenvalue weighted by Crippen LogP contribution is 2.45. The van der Waals surface area contributed by atoms with Gasteiger partial charge < -0.3 is 18.8 Å². The summed E-state index contributed by atoms with van der Waals surface area (Å²) in [5, 5.41) is 2.21. The van der Waals surface area contributed by atoms with Gasteiger partial charge in [-0.1, -0.05) is 53.7 Å². The molecule has 4 nitrogen and oxygen atoms in total. The van der Waals surface area contributed by atoms with Gasteiger partial charge in [0.1, 0.15) is 5.75 Å². The van der Waals surface area contributed by atoms with Gasteiger partial charge in [-0.3, -0.25) is 0 Å². The molecule has 0 saturated carbocycles. The lowest BCUT2D eigenvalue weighted by Crippen LogP contribution is -2.41. The number of hydrogen-bond acceptors (Lipinski definition) is 5. The van der Waals surface area contributed by atoms with E-state index in [1.165, 1.54) is 22.3 Å². The maximum Gasteiger partial charge on any atom is 0.509 e. The summed E-state index contributed by atoms with van der Waals surface area (Å²) < 4.78 is 25.7. The maximum atomic E-state index is 6.42. The van der Waals surface area contributed by atoms with Gasteiger partial charge in [-0.25, -0.2) is 0 Å². The van der Waals surface area contributed by atoms with E-state index in [1.807, 2.05) is 6.92 Å². The number of ether oxygens (including phenoxy) is 2. The smallest absolute Gasteiger partial charge is 0.466 e. The molecular weight excluding hydrogens is 443 g/mol. The molecule has 0 spiro atoms. The van der Waals surface area contributed by atoms with Gasteiger partial charge in [-0.15, -0.1) is 11.3 Å². The van der Waals surface area contributed by atoms with Gasteiger partial charge in [0.15, 0.2) is 6.79 Å². The Balaban J connectivity index is 2.22. The molecule has 1 fully saturated rings. The number of hydrogen-bond donors (Lipinski definition) is 0. The molecule has 2 heterocycles. The molecular formula is C28H43BO4S. The molecule has 0 N–H and O–H groups in total. The Morgan fingerprint density at radius 3 is 1.85 bits per heavy atom. The van der Waals surface area contributed by atoms with E-state index in [2.05, 4.69) is 86.8 Å². The van der Waals surface area contributed by atoms with E-state index in [0.29, 0.717) is 24.4 Å². The van der Waals surface area contributed by atoms with Gasteiger partial charge >= 0.3 is 7.12 Å². The molecule has 0 atom stereocenters. The summed E-state index contributed by atoms with van der Waals surface area (Å²) in [5.74, 6) is 2.05. The first kappa shape index (κ1) is 27.3. The lowest BCUT2D eigenvalue weighted by molar-refractivity contribution is 0.00578. The van der Waals surface area contributed by atoms with Crippen LogP contribution in [0.2, 0.25) is 0 Å². The third-order valence-electron chi connectivity index (χ3n) is 7.13. The van der Waals surface area contributed by atoms with Crippen LogP contribution in [-0.4, -0.2) is 31.7 Å². The molecule has 0 aliphatic carbocycles. The third kappa shape index (κ3) is 5.25. The van der Waals surface area contributed by atoms with Gasteiger partial charge in [0.05, 0.1) is 16.0 Å². The quantitative estimate of drug-likeness (QED) is 0.209. The normalized spacial score (nSPS) is 17.4. The molecule has 1 aliphatic rings. The fraction of sp³-hybridized carbons (Fsp3) is 0.643. The summed E-state index contributed by atoms with van der Waals surface area (Å²) >= 11 is 1.65. The number of thiophene rings is 1. The predicted molar refractivity (Wildman–Crippen MR) is 145 cm³/mol. The highest BCUT2D eigenvalue weighted by atomic mass is 32.1. The van der Waals surface area contributed by atoms with Crippen molar-refractivity contribution in [2.24, 2.45) is 0 Å². The summed E-state index contributed by atoms with van der Waals surface area (Å²) in [6.07, 6.45) is 0. The van der Waals surface area contributed by atoms with Crippen molar-refractivity contribution in [2.75, 3.05) is 13.4 Å². The fourth-order valence-corrected chi connectivity index (χ4v) is 5.20. The molecule has 1 saturated heterocycles. The van der Waals surface area contributed by atoms with Crippen LogP contribution in [0.25, 0.3) is 11.1 Å². The molecule has 0 bridgehead atoms. The molecule has 1 aliphatic heterocycles. The Labute approximate surface area is 211 Å². The minimum absolute atomic E-state index is 0.199. The van der Waals surface area contributed by atoms with Crippen molar-refractivity contribution in [1.29, 1.82) is 0 Å². The monoisotopic (exact) mass is 486 g/mol. The Kier molecular flexibility index (Phi) is 8.29. The van der Waals surface area contributed by atoms with E-state index in [-0.39, 0.29) is 6.79 Å². The third-order valence-corrected chi connectivity index (χ3v) is 8.12. The second kappa shape index (κ2) is 10.3. The standard InChI is InChI=1S/C28H43BO4S/c1-12-30-16-31-25-23(15-34-26(25)29-32-27(8,9)28(10,11)33-29)24-21(18(4)5)13-20(17(2)3)14-22(24)19(6)7/h13-15,17-19H,12,16H2,1-11H3. The summed E-state index contributed by atoms with van der Waals surface area (Å²) in [6.45, 7) is 24.7. The molecule has 0 radical (unpaired) electrons. The van der Waals surface area contributed by atoms with E-state index in [0.717, 1.165) is 16.1 Å². The summed E-state index contributed by atoms with van der Waals surface area (Å²) in [7, 11) is -0.472. The zero-order valence-electron chi connectivity index (χ0n) is 23.0. The van der Waals surface area contributed by atoms with Crippen LogP contribution >= 0.6 is 11.3 Å². The van der Waals surface area contributed by atoms with Crippen LogP contribution in [0.5, 0.6) is 5.75 Å². The zero-order valence-corrected chi connectivity index (χ0v) is 23.8. The van der Waals surface area contributed by atoms with E-state index < -0.39 is 18.3 Å². The van der Waals surface area contributed by atoms with Crippen molar-refractivity contribution in [3.05, 3.63) is 34.2 Å². The largest absolute Gasteiger partial charge is 0.509 e. The van der Waals surface area contributed by atoms with Crippen molar-refractivity contribution < 1.29 is 18.8 Å².